The molecule has 0 aromatic heterocycles. The lowest BCUT2D eigenvalue weighted by Crippen LogP contribution is -2.49. The molecule has 0 spiro atoms. The molecule has 5 nitrogen and oxygen atoms in total. The van der Waals surface area contributed by atoms with E-state index in [1.807, 2.05) is 0 Å². The summed E-state index contributed by atoms with van der Waals surface area (Å²) < 4.78 is 5.18. The van der Waals surface area contributed by atoms with Crippen molar-refractivity contribution in [3.63, 3.8) is 0 Å². The molecule has 1 atom stereocenters. The summed E-state index contributed by atoms with van der Waals surface area (Å²) in [5.74, 6) is -0.606. The normalized spacial score (nSPS) is 22.2. The molecule has 0 saturated heterocycles. The lowest BCUT2D eigenvalue weighted by Gasteiger charge is -2.33. The van der Waals surface area contributed by atoms with Gasteiger partial charge in [0.1, 0.15) is 5.60 Å². The zero-order valence-corrected chi connectivity index (χ0v) is 11.7. The summed E-state index contributed by atoms with van der Waals surface area (Å²) in [6.07, 6.45) is 1.57. The highest BCUT2D eigenvalue weighted by Crippen LogP contribution is 2.33. The number of hydrogen-bond donors (Lipinski definition) is 1. The average Bonchev–Trinajstić information content (AvgIpc) is 2.65. The Balaban J connectivity index is 2.36. The van der Waals surface area contributed by atoms with E-state index in [-0.39, 0.29) is 0 Å². The first-order valence-electron chi connectivity index (χ1n) is 6.28. The Kier molecular flexibility index (Phi) is 3.39. The highest BCUT2D eigenvalue weighted by Gasteiger charge is 2.46. The maximum absolute atomic E-state index is 12.1. The summed E-state index contributed by atoms with van der Waals surface area (Å²) in [6, 6.07) is 8.50. The third-order valence-electron chi connectivity index (χ3n) is 2.79. The highest BCUT2D eigenvalue weighted by molar-refractivity contribution is 6.02. The Hall–Kier alpha value is -2.14. The van der Waals surface area contributed by atoms with Gasteiger partial charge in [-0.05, 0) is 26.8 Å². The Bertz CT molecular complexity index is 559. The summed E-state index contributed by atoms with van der Waals surface area (Å²) >= 11 is 0. The first-order chi connectivity index (χ1) is 9.24. The Morgan fingerprint density at radius 1 is 1.25 bits per heavy atom. The van der Waals surface area contributed by atoms with E-state index < -0.39 is 23.3 Å². The Labute approximate surface area is 117 Å². The van der Waals surface area contributed by atoms with E-state index in [2.05, 4.69) is 0 Å². The molecule has 1 aliphatic rings. The smallest absolute Gasteiger partial charge is 0.420 e. The Morgan fingerprint density at radius 2 is 1.85 bits per heavy atom. The molecule has 1 N–H and O–H groups in total. The number of hydrogen-bond acceptors (Lipinski definition) is 4. The number of rotatable bonds is 1. The van der Waals surface area contributed by atoms with Gasteiger partial charge in [0, 0.05) is 11.6 Å². The van der Waals surface area contributed by atoms with Gasteiger partial charge in [-0.2, -0.15) is 0 Å². The van der Waals surface area contributed by atoms with Crippen LogP contribution in [0, 0.1) is 0 Å². The van der Waals surface area contributed by atoms with Crippen LogP contribution in [0.1, 0.15) is 26.3 Å². The van der Waals surface area contributed by atoms with E-state index in [0.29, 0.717) is 10.5 Å². The number of nitrogens with zero attached hydrogens (tertiary/aromatic N) is 1. The van der Waals surface area contributed by atoms with Crippen molar-refractivity contribution in [3.8, 4) is 0 Å². The van der Waals surface area contributed by atoms with E-state index in [9.17, 15) is 14.7 Å². The monoisotopic (exact) mass is 275 g/mol. The second-order valence-corrected chi connectivity index (χ2v) is 5.58. The van der Waals surface area contributed by atoms with Gasteiger partial charge in [0.2, 0.25) is 0 Å². The second-order valence-electron chi connectivity index (χ2n) is 5.58. The van der Waals surface area contributed by atoms with Crippen LogP contribution in [0.4, 0.5) is 4.79 Å². The average molecular weight is 275 g/mol. The fraction of sp³-hybridized carbons (Fsp3) is 0.333. The van der Waals surface area contributed by atoms with Crippen LogP contribution in [0.15, 0.2) is 42.5 Å². The summed E-state index contributed by atoms with van der Waals surface area (Å²) in [4.78, 5) is 24.7. The van der Waals surface area contributed by atoms with Gasteiger partial charge >= 0.3 is 6.09 Å². The van der Waals surface area contributed by atoms with E-state index in [0.717, 1.165) is 6.08 Å². The van der Waals surface area contributed by atoms with Crippen LogP contribution in [-0.2, 0) is 15.3 Å². The van der Waals surface area contributed by atoms with Gasteiger partial charge in [-0.15, -0.1) is 0 Å². The molecule has 1 unspecified atom stereocenters. The quantitative estimate of drug-likeness (QED) is 0.853. The van der Waals surface area contributed by atoms with Crippen molar-refractivity contribution in [1.29, 1.82) is 0 Å². The zero-order valence-electron chi connectivity index (χ0n) is 11.7. The van der Waals surface area contributed by atoms with Crippen molar-refractivity contribution < 1.29 is 19.4 Å². The van der Waals surface area contributed by atoms with Crippen molar-refractivity contribution in [2.45, 2.75) is 32.1 Å². The van der Waals surface area contributed by atoms with Crippen molar-refractivity contribution in [2.24, 2.45) is 0 Å². The molecule has 0 radical (unpaired) electrons. The number of amides is 2. The SMILES string of the molecule is CC(C)(C)OC(=O)N1C(=O)C=CC1(O)c1ccccc1. The molecular weight excluding hydrogens is 258 g/mol. The molecule has 1 aliphatic heterocycles. The van der Waals surface area contributed by atoms with Crippen LogP contribution < -0.4 is 0 Å². The number of carbonyl (C=O) groups excluding carboxylic acids is 2. The fourth-order valence-corrected chi connectivity index (χ4v) is 1.95. The minimum Gasteiger partial charge on any atom is -0.443 e. The van der Waals surface area contributed by atoms with Crippen molar-refractivity contribution in [2.75, 3.05) is 0 Å². The predicted molar refractivity (Wildman–Crippen MR) is 72.6 cm³/mol. The van der Waals surface area contributed by atoms with Gasteiger partial charge < -0.3 is 9.84 Å². The summed E-state index contributed by atoms with van der Waals surface area (Å²) in [5, 5.41) is 10.7. The Morgan fingerprint density at radius 3 is 2.40 bits per heavy atom. The van der Waals surface area contributed by atoms with Gasteiger partial charge in [-0.1, -0.05) is 30.3 Å². The molecule has 20 heavy (non-hydrogen) atoms. The van der Waals surface area contributed by atoms with Gasteiger partial charge in [0.25, 0.3) is 5.91 Å². The first kappa shape index (κ1) is 14.3. The maximum atomic E-state index is 12.1. The molecule has 0 aliphatic carbocycles. The lowest BCUT2D eigenvalue weighted by atomic mass is 10.0. The number of ether oxygens (including phenoxy) is 1. The third-order valence-corrected chi connectivity index (χ3v) is 2.79. The van der Waals surface area contributed by atoms with E-state index in [4.69, 9.17) is 4.74 Å². The summed E-state index contributed by atoms with van der Waals surface area (Å²) in [5.41, 5.74) is -2.13. The van der Waals surface area contributed by atoms with Crippen LogP contribution in [0.25, 0.3) is 0 Å². The predicted octanol–water partition coefficient (Wildman–Crippen LogP) is 2.17. The van der Waals surface area contributed by atoms with Crippen LogP contribution in [0.3, 0.4) is 0 Å². The zero-order chi connectivity index (χ0) is 15.0. The molecule has 106 valence electrons. The third kappa shape index (κ3) is 2.58. The van der Waals surface area contributed by atoms with Crippen molar-refractivity contribution >= 4 is 12.0 Å². The molecule has 2 amide bonds. The molecule has 1 heterocycles. The fourth-order valence-electron chi connectivity index (χ4n) is 1.95. The molecule has 1 aromatic carbocycles. The first-order valence-corrected chi connectivity index (χ1v) is 6.28. The molecule has 2 rings (SSSR count). The molecule has 0 saturated carbocycles. The van der Waals surface area contributed by atoms with Crippen LogP contribution in [0.5, 0.6) is 0 Å². The molecule has 0 bridgehead atoms. The molecule has 5 heteroatoms. The van der Waals surface area contributed by atoms with Gasteiger partial charge in [-0.25, -0.2) is 9.69 Å². The molecular formula is C15H17NO4. The standard InChI is InChI=1S/C15H17NO4/c1-14(2,3)20-13(18)16-12(17)9-10-15(16,19)11-7-5-4-6-8-11/h4-10,19H,1-3H3. The summed E-state index contributed by atoms with van der Waals surface area (Å²) in [7, 11) is 0. The number of benzene rings is 1. The number of aliphatic hydroxyl groups is 1. The van der Waals surface area contributed by atoms with Gasteiger partial charge in [0.05, 0.1) is 0 Å². The number of carbonyl (C=O) groups is 2. The minimum atomic E-state index is -1.80. The molecule has 0 fully saturated rings. The van der Waals surface area contributed by atoms with Crippen LogP contribution in [0.2, 0.25) is 0 Å². The molecule has 1 aromatic rings. The van der Waals surface area contributed by atoms with E-state index in [1.165, 1.54) is 6.08 Å². The topological polar surface area (TPSA) is 66.8 Å². The van der Waals surface area contributed by atoms with Gasteiger partial charge in [-0.3, -0.25) is 4.79 Å². The van der Waals surface area contributed by atoms with E-state index >= 15 is 0 Å². The lowest BCUT2D eigenvalue weighted by molar-refractivity contribution is -0.140. The maximum Gasteiger partial charge on any atom is 0.420 e. The van der Waals surface area contributed by atoms with Crippen LogP contribution in [-0.4, -0.2) is 27.6 Å². The minimum absolute atomic E-state index is 0.424. The largest absolute Gasteiger partial charge is 0.443 e. The van der Waals surface area contributed by atoms with Crippen molar-refractivity contribution in [1.82, 2.24) is 4.90 Å². The van der Waals surface area contributed by atoms with E-state index in [1.54, 1.807) is 51.1 Å². The number of imide groups is 1. The van der Waals surface area contributed by atoms with Crippen LogP contribution >= 0.6 is 0 Å². The highest BCUT2D eigenvalue weighted by atomic mass is 16.6. The second kappa shape index (κ2) is 4.76. The van der Waals surface area contributed by atoms with Crippen molar-refractivity contribution in [3.05, 3.63) is 48.0 Å². The summed E-state index contributed by atoms with van der Waals surface area (Å²) in [6.45, 7) is 5.08. The van der Waals surface area contributed by atoms with Gasteiger partial charge in [0.15, 0.2) is 5.72 Å².